The Morgan fingerprint density at radius 1 is 1.26 bits per heavy atom. The summed E-state index contributed by atoms with van der Waals surface area (Å²) in [6, 6.07) is 0. The molecule has 0 aliphatic heterocycles. The van der Waals surface area contributed by atoms with Gasteiger partial charge in [0.1, 0.15) is 0 Å². The summed E-state index contributed by atoms with van der Waals surface area (Å²) in [5.41, 5.74) is -0.0996. The lowest BCUT2D eigenvalue weighted by Crippen LogP contribution is -2.45. The van der Waals surface area contributed by atoms with Crippen LogP contribution in [0.3, 0.4) is 0 Å². The number of likely N-dealkylation sites (N-methyl/N-ethyl adjacent to an activating group) is 1. The van der Waals surface area contributed by atoms with Crippen molar-refractivity contribution in [2.24, 2.45) is 11.8 Å². The lowest BCUT2D eigenvalue weighted by Gasteiger charge is -2.40. The van der Waals surface area contributed by atoms with Crippen LogP contribution in [0.15, 0.2) is 0 Å². The minimum Gasteiger partial charge on any atom is -0.373 e. The summed E-state index contributed by atoms with van der Waals surface area (Å²) in [7, 11) is 1.81. The number of hydrogen-bond donors (Lipinski definition) is 1. The molecule has 0 bridgehead atoms. The standard InChI is InChI=1S/C18H34N2O3/c1-13(2)7-8-16(21)19-11-17(22)20(6)12-14-9-15(10-14)23-18(3,4)5/h13-15H,7-12H2,1-6H3,(H,19,21). The Hall–Kier alpha value is -1.10. The van der Waals surface area contributed by atoms with Gasteiger partial charge in [-0.05, 0) is 51.9 Å². The van der Waals surface area contributed by atoms with Crippen molar-refractivity contribution in [1.29, 1.82) is 0 Å². The fourth-order valence-corrected chi connectivity index (χ4v) is 2.73. The van der Waals surface area contributed by atoms with Crippen molar-refractivity contribution in [1.82, 2.24) is 10.2 Å². The summed E-state index contributed by atoms with van der Waals surface area (Å²) in [5, 5.41) is 2.71. The molecule has 0 spiro atoms. The van der Waals surface area contributed by atoms with Crippen LogP contribution >= 0.6 is 0 Å². The molecule has 134 valence electrons. The van der Waals surface area contributed by atoms with E-state index in [0.29, 0.717) is 24.4 Å². The highest BCUT2D eigenvalue weighted by atomic mass is 16.5. The lowest BCUT2D eigenvalue weighted by molar-refractivity contribution is -0.136. The zero-order valence-corrected chi connectivity index (χ0v) is 15.6. The number of rotatable bonds is 8. The van der Waals surface area contributed by atoms with Gasteiger partial charge in [0.15, 0.2) is 0 Å². The highest BCUT2D eigenvalue weighted by Crippen LogP contribution is 2.33. The summed E-state index contributed by atoms with van der Waals surface area (Å²) >= 11 is 0. The van der Waals surface area contributed by atoms with Crippen LogP contribution in [-0.4, -0.2) is 48.6 Å². The van der Waals surface area contributed by atoms with Crippen LogP contribution in [0.1, 0.15) is 60.3 Å². The SMILES string of the molecule is CC(C)CCC(=O)NCC(=O)N(C)CC1CC(OC(C)(C)C)C1. The van der Waals surface area contributed by atoms with Crippen LogP contribution in [0.4, 0.5) is 0 Å². The molecule has 0 heterocycles. The molecule has 0 aromatic carbocycles. The second-order valence-corrected chi connectivity index (χ2v) is 8.17. The highest BCUT2D eigenvalue weighted by molar-refractivity contribution is 5.84. The lowest BCUT2D eigenvalue weighted by atomic mass is 9.81. The molecular weight excluding hydrogens is 292 g/mol. The van der Waals surface area contributed by atoms with E-state index in [9.17, 15) is 9.59 Å². The molecule has 5 nitrogen and oxygen atoms in total. The Bertz CT molecular complexity index is 396. The molecule has 1 rings (SSSR count). The molecule has 5 heteroatoms. The van der Waals surface area contributed by atoms with E-state index in [2.05, 4.69) is 39.9 Å². The summed E-state index contributed by atoms with van der Waals surface area (Å²) < 4.78 is 5.91. The highest BCUT2D eigenvalue weighted by Gasteiger charge is 2.34. The molecule has 0 aromatic heterocycles. The minimum atomic E-state index is -0.0996. The van der Waals surface area contributed by atoms with Gasteiger partial charge in [0.25, 0.3) is 0 Å². The quantitative estimate of drug-likeness (QED) is 0.746. The molecular formula is C18H34N2O3. The van der Waals surface area contributed by atoms with Gasteiger partial charge in [-0.25, -0.2) is 0 Å². The van der Waals surface area contributed by atoms with Crippen LogP contribution < -0.4 is 5.32 Å². The molecule has 0 saturated heterocycles. The predicted octanol–water partition coefficient (Wildman–Crippen LogP) is 2.59. The van der Waals surface area contributed by atoms with Crippen molar-refractivity contribution in [2.75, 3.05) is 20.1 Å². The topological polar surface area (TPSA) is 58.6 Å². The average molecular weight is 326 g/mol. The average Bonchev–Trinajstić information content (AvgIpc) is 2.38. The van der Waals surface area contributed by atoms with Crippen LogP contribution in [0, 0.1) is 11.8 Å². The Balaban J connectivity index is 2.17. The number of nitrogens with zero attached hydrogens (tertiary/aromatic N) is 1. The van der Waals surface area contributed by atoms with E-state index in [-0.39, 0.29) is 24.0 Å². The molecule has 0 unspecified atom stereocenters. The maximum absolute atomic E-state index is 12.1. The zero-order valence-electron chi connectivity index (χ0n) is 15.6. The predicted molar refractivity (Wildman–Crippen MR) is 92.1 cm³/mol. The van der Waals surface area contributed by atoms with Gasteiger partial charge in [-0.15, -0.1) is 0 Å². The maximum atomic E-state index is 12.1. The van der Waals surface area contributed by atoms with Crippen molar-refractivity contribution in [3.05, 3.63) is 0 Å². The van der Waals surface area contributed by atoms with E-state index in [1.54, 1.807) is 11.9 Å². The zero-order chi connectivity index (χ0) is 17.6. The Kier molecular flexibility index (Phi) is 7.52. The van der Waals surface area contributed by atoms with Gasteiger partial charge in [0.2, 0.25) is 11.8 Å². The monoisotopic (exact) mass is 326 g/mol. The normalized spacial score (nSPS) is 21.0. The summed E-state index contributed by atoms with van der Waals surface area (Å²) in [4.78, 5) is 25.4. The van der Waals surface area contributed by atoms with Crippen LogP contribution in [0.5, 0.6) is 0 Å². The Morgan fingerprint density at radius 3 is 2.39 bits per heavy atom. The molecule has 1 fully saturated rings. The number of carbonyl (C=O) groups is 2. The van der Waals surface area contributed by atoms with Crippen molar-refractivity contribution in [3.63, 3.8) is 0 Å². The van der Waals surface area contributed by atoms with Gasteiger partial charge in [-0.3, -0.25) is 9.59 Å². The van der Waals surface area contributed by atoms with Crippen molar-refractivity contribution in [3.8, 4) is 0 Å². The maximum Gasteiger partial charge on any atom is 0.241 e. The van der Waals surface area contributed by atoms with Crippen LogP contribution in [-0.2, 0) is 14.3 Å². The Morgan fingerprint density at radius 2 is 1.87 bits per heavy atom. The smallest absolute Gasteiger partial charge is 0.241 e. The molecule has 2 amide bonds. The number of hydrogen-bond acceptors (Lipinski definition) is 3. The first kappa shape index (κ1) is 19.9. The molecule has 1 aliphatic carbocycles. The Labute approximate surface area is 141 Å². The fourth-order valence-electron chi connectivity index (χ4n) is 2.73. The molecule has 1 N–H and O–H groups in total. The second kappa shape index (κ2) is 8.67. The first-order chi connectivity index (χ1) is 10.6. The van der Waals surface area contributed by atoms with Gasteiger partial charge in [-0.2, -0.15) is 0 Å². The van der Waals surface area contributed by atoms with Gasteiger partial charge in [0.05, 0.1) is 18.2 Å². The van der Waals surface area contributed by atoms with Crippen molar-refractivity contribution < 1.29 is 14.3 Å². The molecule has 0 radical (unpaired) electrons. The number of carbonyl (C=O) groups excluding carboxylic acids is 2. The molecule has 23 heavy (non-hydrogen) atoms. The first-order valence-corrected chi connectivity index (χ1v) is 8.75. The molecule has 0 atom stereocenters. The molecule has 1 saturated carbocycles. The number of ether oxygens (including phenoxy) is 1. The summed E-state index contributed by atoms with van der Waals surface area (Å²) in [6.07, 6.45) is 3.68. The van der Waals surface area contributed by atoms with Gasteiger partial charge < -0.3 is 15.0 Å². The van der Waals surface area contributed by atoms with Gasteiger partial charge >= 0.3 is 0 Å². The minimum absolute atomic E-state index is 0.0249. The third-order valence-corrected chi connectivity index (χ3v) is 4.06. The van der Waals surface area contributed by atoms with E-state index in [0.717, 1.165) is 25.8 Å². The third kappa shape index (κ3) is 8.35. The summed E-state index contributed by atoms with van der Waals surface area (Å²) in [6.45, 7) is 11.2. The van der Waals surface area contributed by atoms with Crippen LogP contribution in [0.2, 0.25) is 0 Å². The van der Waals surface area contributed by atoms with Crippen molar-refractivity contribution >= 4 is 11.8 Å². The van der Waals surface area contributed by atoms with Crippen molar-refractivity contribution in [2.45, 2.75) is 72.0 Å². The first-order valence-electron chi connectivity index (χ1n) is 8.75. The number of amides is 2. The second-order valence-electron chi connectivity index (χ2n) is 8.17. The third-order valence-electron chi connectivity index (χ3n) is 4.06. The molecule has 1 aliphatic rings. The number of nitrogens with one attached hydrogen (secondary N) is 1. The van der Waals surface area contributed by atoms with E-state index in [4.69, 9.17) is 4.74 Å². The fraction of sp³-hybridized carbons (Fsp3) is 0.889. The largest absolute Gasteiger partial charge is 0.373 e. The van der Waals surface area contributed by atoms with E-state index in [1.807, 2.05) is 0 Å². The van der Waals surface area contributed by atoms with E-state index >= 15 is 0 Å². The van der Waals surface area contributed by atoms with Gasteiger partial charge in [-0.1, -0.05) is 13.8 Å². The van der Waals surface area contributed by atoms with E-state index < -0.39 is 0 Å². The summed E-state index contributed by atoms with van der Waals surface area (Å²) in [5.74, 6) is 0.944. The van der Waals surface area contributed by atoms with Gasteiger partial charge in [0, 0.05) is 20.0 Å². The van der Waals surface area contributed by atoms with Crippen LogP contribution in [0.25, 0.3) is 0 Å². The molecule has 0 aromatic rings. The van der Waals surface area contributed by atoms with E-state index in [1.165, 1.54) is 0 Å².